The maximum absolute atomic E-state index is 12.2. The average molecular weight is 332 g/mol. The summed E-state index contributed by atoms with van der Waals surface area (Å²) >= 11 is 0. The van der Waals surface area contributed by atoms with Gasteiger partial charge in [0, 0.05) is 5.69 Å². The van der Waals surface area contributed by atoms with E-state index in [1.165, 1.54) is 0 Å². The molecule has 2 N–H and O–H groups in total. The summed E-state index contributed by atoms with van der Waals surface area (Å²) in [6.07, 6.45) is 0. The van der Waals surface area contributed by atoms with Crippen LogP contribution in [-0.4, -0.2) is 12.5 Å². The van der Waals surface area contributed by atoms with E-state index in [4.69, 9.17) is 4.74 Å². The van der Waals surface area contributed by atoms with Gasteiger partial charge in [-0.3, -0.25) is 4.79 Å². The molecule has 0 spiro atoms. The number of para-hydroxylation sites is 4. The molecule has 0 fully saturated rings. The second-order valence-corrected chi connectivity index (χ2v) is 5.63. The van der Waals surface area contributed by atoms with Gasteiger partial charge in [-0.05, 0) is 42.8 Å². The Morgan fingerprint density at radius 1 is 0.840 bits per heavy atom. The Morgan fingerprint density at radius 3 is 2.24 bits per heavy atom. The molecule has 0 saturated heterocycles. The topological polar surface area (TPSA) is 50.4 Å². The fourth-order valence-corrected chi connectivity index (χ4v) is 2.40. The molecule has 0 atom stereocenters. The summed E-state index contributed by atoms with van der Waals surface area (Å²) in [5, 5.41) is 6.04. The van der Waals surface area contributed by atoms with Crippen molar-refractivity contribution in [1.29, 1.82) is 0 Å². The molecular formula is C21H20N2O2. The fourth-order valence-electron chi connectivity index (χ4n) is 2.40. The maximum Gasteiger partial charge on any atom is 0.243 e. The van der Waals surface area contributed by atoms with Gasteiger partial charge in [-0.15, -0.1) is 0 Å². The first-order valence-corrected chi connectivity index (χ1v) is 8.13. The molecule has 4 heteroatoms. The summed E-state index contributed by atoms with van der Waals surface area (Å²) in [7, 11) is 0. The molecule has 4 nitrogen and oxygen atoms in total. The van der Waals surface area contributed by atoms with Crippen molar-refractivity contribution in [3.05, 3.63) is 84.4 Å². The molecule has 0 aliphatic rings. The number of rotatable bonds is 6. The van der Waals surface area contributed by atoms with Gasteiger partial charge in [0.05, 0.1) is 12.2 Å². The highest BCUT2D eigenvalue weighted by atomic mass is 16.5. The van der Waals surface area contributed by atoms with Crippen LogP contribution in [0, 0.1) is 6.92 Å². The molecule has 0 aliphatic heterocycles. The van der Waals surface area contributed by atoms with E-state index in [9.17, 15) is 4.79 Å². The van der Waals surface area contributed by atoms with Crippen LogP contribution in [0.3, 0.4) is 0 Å². The molecule has 0 radical (unpaired) electrons. The van der Waals surface area contributed by atoms with Crippen LogP contribution in [0.25, 0.3) is 0 Å². The molecule has 0 saturated carbocycles. The number of carbonyl (C=O) groups is 1. The summed E-state index contributed by atoms with van der Waals surface area (Å²) in [6, 6.07) is 24.8. The van der Waals surface area contributed by atoms with Gasteiger partial charge in [-0.2, -0.15) is 0 Å². The Labute approximate surface area is 147 Å². The monoisotopic (exact) mass is 332 g/mol. The van der Waals surface area contributed by atoms with Gasteiger partial charge in [0.15, 0.2) is 5.75 Å². The number of hydrogen-bond donors (Lipinski definition) is 2. The fraction of sp³-hybridized carbons (Fsp3) is 0.0952. The zero-order valence-electron chi connectivity index (χ0n) is 14.0. The minimum absolute atomic E-state index is 0.108. The van der Waals surface area contributed by atoms with Crippen LogP contribution in [-0.2, 0) is 4.79 Å². The number of anilines is 2. The molecule has 1 amide bonds. The molecule has 0 bridgehead atoms. The van der Waals surface area contributed by atoms with Crippen LogP contribution in [0.1, 0.15) is 5.56 Å². The van der Waals surface area contributed by atoms with Gasteiger partial charge in [0.25, 0.3) is 0 Å². The summed E-state index contributed by atoms with van der Waals surface area (Å²) in [5.74, 6) is 1.32. The number of aryl methyl sites for hydroxylation is 1. The maximum atomic E-state index is 12.2. The molecule has 0 aromatic heterocycles. The molecule has 0 heterocycles. The zero-order chi connectivity index (χ0) is 17.5. The third-order valence-electron chi connectivity index (χ3n) is 3.72. The van der Waals surface area contributed by atoms with Crippen molar-refractivity contribution in [2.45, 2.75) is 6.92 Å². The van der Waals surface area contributed by atoms with Crippen LogP contribution < -0.4 is 15.4 Å². The van der Waals surface area contributed by atoms with Gasteiger partial charge in [-0.1, -0.05) is 48.5 Å². The lowest BCUT2D eigenvalue weighted by Gasteiger charge is -2.13. The second-order valence-electron chi connectivity index (χ2n) is 5.63. The Morgan fingerprint density at radius 2 is 1.48 bits per heavy atom. The number of nitrogens with one attached hydrogen (secondary N) is 2. The minimum atomic E-state index is -0.108. The molecule has 126 valence electrons. The smallest absolute Gasteiger partial charge is 0.243 e. The number of ether oxygens (including phenoxy) is 1. The van der Waals surface area contributed by atoms with Gasteiger partial charge >= 0.3 is 0 Å². The van der Waals surface area contributed by atoms with Crippen LogP contribution in [0.15, 0.2) is 78.9 Å². The SMILES string of the molecule is Cc1ccccc1NC(=O)CNc1ccccc1Oc1ccccc1. The van der Waals surface area contributed by atoms with Crippen molar-refractivity contribution < 1.29 is 9.53 Å². The predicted molar refractivity (Wildman–Crippen MR) is 101 cm³/mol. The van der Waals surface area contributed by atoms with Crippen molar-refractivity contribution in [3.63, 3.8) is 0 Å². The quantitative estimate of drug-likeness (QED) is 0.679. The first kappa shape index (κ1) is 16.6. The van der Waals surface area contributed by atoms with E-state index in [1.54, 1.807) is 0 Å². The van der Waals surface area contributed by atoms with Gasteiger partial charge < -0.3 is 15.4 Å². The summed E-state index contributed by atoms with van der Waals surface area (Å²) in [4.78, 5) is 12.2. The van der Waals surface area contributed by atoms with Crippen molar-refractivity contribution in [2.24, 2.45) is 0 Å². The summed E-state index contributed by atoms with van der Waals surface area (Å²) in [6.45, 7) is 2.12. The van der Waals surface area contributed by atoms with Crippen LogP contribution in [0.4, 0.5) is 11.4 Å². The van der Waals surface area contributed by atoms with Crippen molar-refractivity contribution in [3.8, 4) is 11.5 Å². The normalized spacial score (nSPS) is 10.1. The first-order valence-electron chi connectivity index (χ1n) is 8.13. The van der Waals surface area contributed by atoms with E-state index < -0.39 is 0 Å². The Bertz CT molecular complexity index is 847. The lowest BCUT2D eigenvalue weighted by Crippen LogP contribution is -2.22. The largest absolute Gasteiger partial charge is 0.455 e. The van der Waals surface area contributed by atoms with E-state index >= 15 is 0 Å². The number of hydrogen-bond acceptors (Lipinski definition) is 3. The second kappa shape index (κ2) is 8.02. The van der Waals surface area contributed by atoms with Crippen molar-refractivity contribution in [2.75, 3.05) is 17.2 Å². The van der Waals surface area contributed by atoms with Crippen molar-refractivity contribution in [1.82, 2.24) is 0 Å². The molecule has 3 aromatic carbocycles. The summed E-state index contributed by atoms with van der Waals surface area (Å²) in [5.41, 5.74) is 2.62. The highest BCUT2D eigenvalue weighted by Crippen LogP contribution is 2.28. The standard InChI is InChI=1S/C21H20N2O2/c1-16-9-5-6-12-18(16)23-21(24)15-22-19-13-7-8-14-20(19)25-17-10-3-2-4-11-17/h2-14,22H,15H2,1H3,(H,23,24). The highest BCUT2D eigenvalue weighted by molar-refractivity contribution is 5.94. The third kappa shape index (κ3) is 4.61. The van der Waals surface area contributed by atoms with Crippen LogP contribution in [0.2, 0.25) is 0 Å². The number of amides is 1. The molecule has 0 unspecified atom stereocenters. The third-order valence-corrected chi connectivity index (χ3v) is 3.72. The van der Waals surface area contributed by atoms with Crippen LogP contribution in [0.5, 0.6) is 11.5 Å². The molecule has 3 rings (SSSR count). The minimum Gasteiger partial charge on any atom is -0.455 e. The van der Waals surface area contributed by atoms with Gasteiger partial charge in [0.2, 0.25) is 5.91 Å². The molecule has 25 heavy (non-hydrogen) atoms. The lowest BCUT2D eigenvalue weighted by molar-refractivity contribution is -0.114. The average Bonchev–Trinajstić information content (AvgIpc) is 2.64. The van der Waals surface area contributed by atoms with Crippen LogP contribution >= 0.6 is 0 Å². The predicted octanol–water partition coefficient (Wildman–Crippen LogP) is 4.84. The Hall–Kier alpha value is -3.27. The summed E-state index contributed by atoms with van der Waals surface area (Å²) < 4.78 is 5.88. The van der Waals surface area contributed by atoms with Gasteiger partial charge in [-0.25, -0.2) is 0 Å². The number of carbonyl (C=O) groups excluding carboxylic acids is 1. The number of benzene rings is 3. The van der Waals surface area contributed by atoms with E-state index in [0.29, 0.717) is 5.75 Å². The Balaban J connectivity index is 1.63. The molecule has 3 aromatic rings. The lowest BCUT2D eigenvalue weighted by atomic mass is 10.2. The Kier molecular flexibility index (Phi) is 5.32. The van der Waals surface area contributed by atoms with Crippen molar-refractivity contribution >= 4 is 17.3 Å². The molecule has 0 aliphatic carbocycles. The molecular weight excluding hydrogens is 312 g/mol. The van der Waals surface area contributed by atoms with E-state index in [0.717, 1.165) is 22.7 Å². The highest BCUT2D eigenvalue weighted by Gasteiger charge is 2.08. The zero-order valence-corrected chi connectivity index (χ0v) is 14.0. The van der Waals surface area contributed by atoms with E-state index in [2.05, 4.69) is 10.6 Å². The van der Waals surface area contributed by atoms with Gasteiger partial charge in [0.1, 0.15) is 5.75 Å². The van der Waals surface area contributed by atoms with E-state index in [-0.39, 0.29) is 12.5 Å². The first-order chi connectivity index (χ1) is 12.2. The van der Waals surface area contributed by atoms with E-state index in [1.807, 2.05) is 85.8 Å².